The number of nitrogens with zero attached hydrogens (tertiary/aromatic N) is 2. The first-order chi connectivity index (χ1) is 8.04. The second kappa shape index (κ2) is 6.64. The molecule has 17 heavy (non-hydrogen) atoms. The fourth-order valence-corrected chi connectivity index (χ4v) is 1.72. The summed E-state index contributed by atoms with van der Waals surface area (Å²) in [4.78, 5) is 6.64. The summed E-state index contributed by atoms with van der Waals surface area (Å²) in [6.07, 6.45) is 1.74. The van der Waals surface area contributed by atoms with Gasteiger partial charge in [0.15, 0.2) is 0 Å². The van der Waals surface area contributed by atoms with Crippen molar-refractivity contribution in [1.29, 1.82) is 0 Å². The molecule has 0 saturated carbocycles. The molecule has 1 aromatic heterocycles. The second-order valence-electron chi connectivity index (χ2n) is 5.03. The number of anilines is 1. The lowest BCUT2D eigenvalue weighted by atomic mass is 10.2. The van der Waals surface area contributed by atoms with E-state index in [9.17, 15) is 0 Å². The van der Waals surface area contributed by atoms with Crippen LogP contribution in [0.5, 0.6) is 0 Å². The van der Waals surface area contributed by atoms with E-state index in [1.165, 1.54) is 0 Å². The van der Waals surface area contributed by atoms with Crippen LogP contribution in [0.25, 0.3) is 0 Å². The van der Waals surface area contributed by atoms with Gasteiger partial charge in [-0.2, -0.15) is 4.98 Å². The van der Waals surface area contributed by atoms with Crippen molar-refractivity contribution in [2.75, 3.05) is 18.0 Å². The van der Waals surface area contributed by atoms with E-state index in [1.54, 1.807) is 6.26 Å². The van der Waals surface area contributed by atoms with Gasteiger partial charge in [-0.25, -0.2) is 0 Å². The molecule has 0 aliphatic rings. The van der Waals surface area contributed by atoms with Crippen LogP contribution in [0.4, 0.5) is 6.01 Å². The van der Waals surface area contributed by atoms with Crippen LogP contribution in [0.2, 0.25) is 0 Å². The van der Waals surface area contributed by atoms with E-state index < -0.39 is 0 Å². The molecule has 4 nitrogen and oxygen atoms in total. The number of hydrogen-bond donors (Lipinski definition) is 1. The van der Waals surface area contributed by atoms with Crippen LogP contribution in [0.15, 0.2) is 10.7 Å². The maximum absolute atomic E-state index is 5.51. The number of oxazole rings is 1. The predicted octanol–water partition coefficient (Wildman–Crippen LogP) is 2.65. The quantitative estimate of drug-likeness (QED) is 0.794. The molecule has 0 spiro atoms. The van der Waals surface area contributed by atoms with E-state index in [4.69, 9.17) is 4.42 Å². The summed E-state index contributed by atoms with van der Waals surface area (Å²) in [7, 11) is 0. The monoisotopic (exact) mass is 239 g/mol. The highest BCUT2D eigenvalue weighted by Crippen LogP contribution is 2.15. The summed E-state index contributed by atoms with van der Waals surface area (Å²) in [6.45, 7) is 13.5. The Hall–Kier alpha value is -1.03. The van der Waals surface area contributed by atoms with E-state index in [-0.39, 0.29) is 0 Å². The molecule has 1 heterocycles. The maximum atomic E-state index is 5.51. The minimum Gasteiger partial charge on any atom is -0.432 e. The average molecular weight is 239 g/mol. The molecule has 0 atom stereocenters. The first-order valence-corrected chi connectivity index (χ1v) is 6.46. The molecule has 0 aliphatic carbocycles. The van der Waals surface area contributed by atoms with Crippen molar-refractivity contribution >= 4 is 6.01 Å². The smallest absolute Gasteiger partial charge is 0.297 e. The zero-order chi connectivity index (χ0) is 12.8. The lowest BCUT2D eigenvalue weighted by Crippen LogP contribution is -2.30. The SMILES string of the molecule is CCN(c1nc(CNCC(C)C)co1)C(C)C. The highest BCUT2D eigenvalue weighted by Gasteiger charge is 2.14. The highest BCUT2D eigenvalue weighted by molar-refractivity contribution is 5.27. The summed E-state index contributed by atoms with van der Waals surface area (Å²) in [5.41, 5.74) is 0.972. The molecular formula is C13H25N3O. The molecule has 1 aromatic rings. The zero-order valence-corrected chi connectivity index (χ0v) is 11.7. The standard InChI is InChI=1S/C13H25N3O/c1-6-16(11(4)5)13-15-12(9-17-13)8-14-7-10(2)3/h9-11,14H,6-8H2,1-5H3. The fraction of sp³-hybridized carbons (Fsp3) is 0.769. The lowest BCUT2D eigenvalue weighted by Gasteiger charge is -2.22. The molecule has 0 aliphatic heterocycles. The van der Waals surface area contributed by atoms with Crippen molar-refractivity contribution in [1.82, 2.24) is 10.3 Å². The van der Waals surface area contributed by atoms with Crippen LogP contribution < -0.4 is 10.2 Å². The Morgan fingerprint density at radius 3 is 2.59 bits per heavy atom. The Balaban J connectivity index is 2.52. The molecule has 0 fully saturated rings. The molecular weight excluding hydrogens is 214 g/mol. The number of nitrogens with one attached hydrogen (secondary N) is 1. The van der Waals surface area contributed by atoms with Crippen molar-refractivity contribution in [3.63, 3.8) is 0 Å². The Morgan fingerprint density at radius 2 is 2.06 bits per heavy atom. The van der Waals surface area contributed by atoms with Crippen molar-refractivity contribution in [3.05, 3.63) is 12.0 Å². The summed E-state index contributed by atoms with van der Waals surface area (Å²) < 4.78 is 5.51. The van der Waals surface area contributed by atoms with E-state index in [0.29, 0.717) is 12.0 Å². The van der Waals surface area contributed by atoms with Gasteiger partial charge in [-0.1, -0.05) is 13.8 Å². The van der Waals surface area contributed by atoms with Crippen molar-refractivity contribution < 1.29 is 4.42 Å². The van der Waals surface area contributed by atoms with Gasteiger partial charge in [-0.15, -0.1) is 0 Å². The van der Waals surface area contributed by atoms with E-state index >= 15 is 0 Å². The Labute approximate surface area is 104 Å². The summed E-state index contributed by atoms with van der Waals surface area (Å²) in [6, 6.07) is 1.14. The number of aromatic nitrogens is 1. The number of hydrogen-bond acceptors (Lipinski definition) is 4. The van der Waals surface area contributed by atoms with Gasteiger partial charge in [-0.3, -0.25) is 0 Å². The molecule has 0 bridgehead atoms. The molecule has 0 saturated heterocycles. The van der Waals surface area contributed by atoms with Crippen LogP contribution in [-0.4, -0.2) is 24.1 Å². The molecule has 1 N–H and O–H groups in total. The highest BCUT2D eigenvalue weighted by atomic mass is 16.4. The average Bonchev–Trinajstić information content (AvgIpc) is 2.66. The Kier molecular flexibility index (Phi) is 5.48. The first-order valence-electron chi connectivity index (χ1n) is 6.46. The fourth-order valence-electron chi connectivity index (χ4n) is 1.72. The zero-order valence-electron chi connectivity index (χ0n) is 11.7. The molecule has 0 amide bonds. The number of rotatable bonds is 7. The minimum absolute atomic E-state index is 0.412. The van der Waals surface area contributed by atoms with E-state index in [0.717, 1.165) is 31.3 Å². The van der Waals surface area contributed by atoms with E-state index in [2.05, 4.69) is 49.8 Å². The largest absolute Gasteiger partial charge is 0.432 e. The lowest BCUT2D eigenvalue weighted by molar-refractivity contribution is 0.514. The van der Waals surface area contributed by atoms with Gasteiger partial charge in [0.2, 0.25) is 0 Å². The van der Waals surface area contributed by atoms with Crippen molar-refractivity contribution in [2.45, 2.75) is 47.2 Å². The molecule has 98 valence electrons. The van der Waals surface area contributed by atoms with Gasteiger partial charge in [0.25, 0.3) is 6.01 Å². The summed E-state index contributed by atoms with van der Waals surface area (Å²) in [5, 5.41) is 3.36. The molecule has 1 rings (SSSR count). The van der Waals surface area contributed by atoms with Crippen molar-refractivity contribution in [3.8, 4) is 0 Å². The normalized spacial score (nSPS) is 11.5. The second-order valence-corrected chi connectivity index (χ2v) is 5.03. The van der Waals surface area contributed by atoms with E-state index in [1.807, 2.05) is 0 Å². The first kappa shape index (κ1) is 14.0. The molecule has 0 radical (unpaired) electrons. The van der Waals surface area contributed by atoms with Crippen LogP contribution >= 0.6 is 0 Å². The third-order valence-corrected chi connectivity index (χ3v) is 2.61. The molecule has 4 heteroatoms. The summed E-state index contributed by atoms with van der Waals surface area (Å²) >= 11 is 0. The van der Waals surface area contributed by atoms with Crippen LogP contribution in [-0.2, 0) is 6.54 Å². The van der Waals surface area contributed by atoms with Crippen LogP contribution in [0.3, 0.4) is 0 Å². The third kappa shape index (κ3) is 4.38. The third-order valence-electron chi connectivity index (χ3n) is 2.61. The predicted molar refractivity (Wildman–Crippen MR) is 71.2 cm³/mol. The van der Waals surface area contributed by atoms with Crippen LogP contribution in [0, 0.1) is 5.92 Å². The van der Waals surface area contributed by atoms with Crippen molar-refractivity contribution in [2.24, 2.45) is 5.92 Å². The van der Waals surface area contributed by atoms with Gasteiger partial charge in [0, 0.05) is 19.1 Å². The molecule has 0 aromatic carbocycles. The van der Waals surface area contributed by atoms with Gasteiger partial charge >= 0.3 is 0 Å². The minimum atomic E-state index is 0.412. The van der Waals surface area contributed by atoms with Gasteiger partial charge in [0.05, 0.1) is 5.69 Å². The van der Waals surface area contributed by atoms with Gasteiger partial charge in [0.1, 0.15) is 6.26 Å². The van der Waals surface area contributed by atoms with Gasteiger partial charge in [-0.05, 0) is 33.2 Å². The molecule has 0 unspecified atom stereocenters. The van der Waals surface area contributed by atoms with Gasteiger partial charge < -0.3 is 14.6 Å². The van der Waals surface area contributed by atoms with Crippen LogP contribution in [0.1, 0.15) is 40.3 Å². The summed E-state index contributed by atoms with van der Waals surface area (Å²) in [5.74, 6) is 0.657. The maximum Gasteiger partial charge on any atom is 0.297 e. The Bertz CT molecular complexity index is 320. The Morgan fingerprint density at radius 1 is 1.35 bits per heavy atom. The topological polar surface area (TPSA) is 41.3 Å².